The monoisotopic (exact) mass is 215 g/mol. The van der Waals surface area contributed by atoms with Crippen molar-refractivity contribution in [3.63, 3.8) is 0 Å². The Bertz CT molecular complexity index is 232. The molecule has 0 spiro atoms. The lowest BCUT2D eigenvalue weighted by molar-refractivity contribution is -0.121. The normalized spacial score (nSPS) is 20.9. The summed E-state index contributed by atoms with van der Waals surface area (Å²) in [5.74, 6) is -0.275. The molecule has 0 bridgehead atoms. The van der Waals surface area contributed by atoms with Crippen molar-refractivity contribution in [1.82, 2.24) is 10.2 Å². The van der Waals surface area contributed by atoms with E-state index in [9.17, 15) is 4.79 Å². The Morgan fingerprint density at radius 2 is 2.43 bits per heavy atom. The van der Waals surface area contributed by atoms with Gasteiger partial charge >= 0.3 is 0 Å². The van der Waals surface area contributed by atoms with Gasteiger partial charge in [-0.2, -0.15) is 0 Å². The third-order valence-electron chi connectivity index (χ3n) is 2.37. The van der Waals surface area contributed by atoms with E-state index >= 15 is 0 Å². The number of hydrogen-bond acceptors (Lipinski definition) is 2. The molecule has 1 amide bonds. The topological polar surface area (TPSA) is 58.4 Å². The second-order valence-electron chi connectivity index (χ2n) is 3.49. The number of carbonyl (C=O) groups is 1. The molecule has 4 nitrogen and oxygen atoms in total. The summed E-state index contributed by atoms with van der Waals surface area (Å²) >= 11 is 5.18. The van der Waals surface area contributed by atoms with Gasteiger partial charge in [0.1, 0.15) is 6.04 Å². The van der Waals surface area contributed by atoms with Crippen molar-refractivity contribution in [2.45, 2.75) is 32.2 Å². The predicted molar refractivity (Wildman–Crippen MR) is 59.8 cm³/mol. The highest BCUT2D eigenvalue weighted by Gasteiger charge is 2.30. The van der Waals surface area contributed by atoms with Crippen LogP contribution in [-0.4, -0.2) is 35.1 Å². The van der Waals surface area contributed by atoms with Gasteiger partial charge in [-0.25, -0.2) is 0 Å². The average Bonchev–Trinajstić information content (AvgIpc) is 2.62. The number of nitrogens with one attached hydrogen (secondary N) is 1. The zero-order chi connectivity index (χ0) is 10.6. The van der Waals surface area contributed by atoms with Gasteiger partial charge in [0.2, 0.25) is 5.91 Å². The summed E-state index contributed by atoms with van der Waals surface area (Å²) in [6.45, 7) is 3.76. The number of carbonyl (C=O) groups excluding carboxylic acids is 1. The fourth-order valence-electron chi connectivity index (χ4n) is 1.64. The van der Waals surface area contributed by atoms with Crippen LogP contribution < -0.4 is 11.1 Å². The molecule has 0 aliphatic carbocycles. The molecule has 1 rings (SSSR count). The Balaban J connectivity index is 2.49. The number of nitrogens with zero attached hydrogens (tertiary/aromatic N) is 1. The van der Waals surface area contributed by atoms with Gasteiger partial charge in [-0.05, 0) is 31.5 Å². The van der Waals surface area contributed by atoms with Gasteiger partial charge in [-0.1, -0.05) is 6.92 Å². The van der Waals surface area contributed by atoms with Crippen LogP contribution in [0.4, 0.5) is 0 Å². The molecule has 1 fully saturated rings. The molecular weight excluding hydrogens is 198 g/mol. The van der Waals surface area contributed by atoms with E-state index in [1.807, 2.05) is 4.90 Å². The molecule has 1 aliphatic heterocycles. The second kappa shape index (κ2) is 5.14. The molecule has 1 unspecified atom stereocenters. The molecule has 80 valence electrons. The Labute approximate surface area is 89.8 Å². The van der Waals surface area contributed by atoms with Crippen LogP contribution in [0.25, 0.3) is 0 Å². The summed E-state index contributed by atoms with van der Waals surface area (Å²) < 4.78 is 0. The number of hydrogen-bond donors (Lipinski definition) is 2. The van der Waals surface area contributed by atoms with Crippen molar-refractivity contribution in [3.05, 3.63) is 0 Å². The van der Waals surface area contributed by atoms with Crippen LogP contribution in [0.3, 0.4) is 0 Å². The number of thiocarbonyl (C=S) groups is 1. The van der Waals surface area contributed by atoms with Gasteiger partial charge in [-0.15, -0.1) is 0 Å². The predicted octanol–water partition coefficient (Wildman–Crippen LogP) is 0.221. The summed E-state index contributed by atoms with van der Waals surface area (Å²) in [6, 6.07) is -0.202. The fraction of sp³-hybridized carbons (Fsp3) is 0.778. The van der Waals surface area contributed by atoms with Crippen LogP contribution in [0.2, 0.25) is 0 Å². The lowest BCUT2D eigenvalue weighted by Crippen LogP contribution is -2.48. The van der Waals surface area contributed by atoms with Crippen LogP contribution in [-0.2, 0) is 4.79 Å². The van der Waals surface area contributed by atoms with E-state index in [-0.39, 0.29) is 11.9 Å². The Hall–Kier alpha value is -0.840. The minimum absolute atomic E-state index is 0.202. The van der Waals surface area contributed by atoms with Crippen LogP contribution in [0.5, 0.6) is 0 Å². The fourth-order valence-corrected chi connectivity index (χ4v) is 1.96. The van der Waals surface area contributed by atoms with Gasteiger partial charge in [0.05, 0.1) is 0 Å². The molecule has 1 saturated heterocycles. The maximum Gasteiger partial charge on any atom is 0.240 e. The highest BCUT2D eigenvalue weighted by atomic mass is 32.1. The zero-order valence-electron chi connectivity index (χ0n) is 8.45. The molecule has 14 heavy (non-hydrogen) atoms. The van der Waals surface area contributed by atoms with Crippen molar-refractivity contribution in [2.75, 3.05) is 13.1 Å². The lowest BCUT2D eigenvalue weighted by atomic mass is 10.2. The summed E-state index contributed by atoms with van der Waals surface area (Å²) in [4.78, 5) is 13.0. The van der Waals surface area contributed by atoms with Crippen LogP contribution in [0.15, 0.2) is 0 Å². The summed E-state index contributed by atoms with van der Waals surface area (Å²) in [7, 11) is 0. The number of rotatable bonds is 3. The van der Waals surface area contributed by atoms with E-state index < -0.39 is 0 Å². The number of primary amides is 1. The Morgan fingerprint density at radius 1 is 1.71 bits per heavy atom. The van der Waals surface area contributed by atoms with Crippen LogP contribution >= 0.6 is 12.2 Å². The van der Waals surface area contributed by atoms with Crippen molar-refractivity contribution >= 4 is 23.2 Å². The first-order chi connectivity index (χ1) is 6.66. The number of likely N-dealkylation sites (tertiary alicyclic amines) is 1. The van der Waals surface area contributed by atoms with Gasteiger partial charge in [0, 0.05) is 13.1 Å². The molecule has 1 heterocycles. The molecule has 5 heteroatoms. The lowest BCUT2D eigenvalue weighted by Gasteiger charge is -2.25. The average molecular weight is 215 g/mol. The van der Waals surface area contributed by atoms with Gasteiger partial charge in [0.15, 0.2) is 5.11 Å². The maximum absolute atomic E-state index is 11.1. The van der Waals surface area contributed by atoms with Gasteiger partial charge in [0.25, 0.3) is 0 Å². The first kappa shape index (κ1) is 11.2. The second-order valence-corrected chi connectivity index (χ2v) is 3.87. The van der Waals surface area contributed by atoms with Crippen LogP contribution in [0, 0.1) is 0 Å². The summed E-state index contributed by atoms with van der Waals surface area (Å²) in [5, 5.41) is 3.77. The standard InChI is InChI=1S/C9H17N3OS/c1-2-5-11-9(14)12-6-3-4-7(12)8(10)13/h7H,2-6H2,1H3,(H2,10,13)(H,11,14). The highest BCUT2D eigenvalue weighted by molar-refractivity contribution is 7.80. The van der Waals surface area contributed by atoms with Gasteiger partial charge < -0.3 is 16.0 Å². The molecule has 1 aliphatic rings. The maximum atomic E-state index is 11.1. The van der Waals surface area contributed by atoms with Crippen molar-refractivity contribution in [3.8, 4) is 0 Å². The first-order valence-corrected chi connectivity index (χ1v) is 5.41. The van der Waals surface area contributed by atoms with E-state index in [0.29, 0.717) is 5.11 Å². The van der Waals surface area contributed by atoms with Crippen molar-refractivity contribution in [2.24, 2.45) is 5.73 Å². The highest BCUT2D eigenvalue weighted by Crippen LogP contribution is 2.16. The van der Waals surface area contributed by atoms with Crippen LogP contribution in [0.1, 0.15) is 26.2 Å². The molecular formula is C9H17N3OS. The molecule has 1 atom stereocenters. The smallest absolute Gasteiger partial charge is 0.240 e. The SMILES string of the molecule is CCCNC(=S)N1CCCC1C(N)=O. The third-order valence-corrected chi connectivity index (χ3v) is 2.75. The van der Waals surface area contributed by atoms with E-state index in [2.05, 4.69) is 12.2 Å². The molecule has 0 radical (unpaired) electrons. The van der Waals surface area contributed by atoms with Crippen molar-refractivity contribution < 1.29 is 4.79 Å². The number of nitrogens with two attached hydrogens (primary N) is 1. The van der Waals surface area contributed by atoms with E-state index in [1.165, 1.54) is 0 Å². The van der Waals surface area contributed by atoms with E-state index in [1.54, 1.807) is 0 Å². The number of amides is 1. The quantitative estimate of drug-likeness (QED) is 0.661. The Kier molecular flexibility index (Phi) is 4.13. The summed E-state index contributed by atoms with van der Waals surface area (Å²) in [6.07, 6.45) is 2.83. The summed E-state index contributed by atoms with van der Waals surface area (Å²) in [5.41, 5.74) is 5.29. The zero-order valence-corrected chi connectivity index (χ0v) is 9.27. The van der Waals surface area contributed by atoms with E-state index in [0.717, 1.165) is 32.4 Å². The van der Waals surface area contributed by atoms with Crippen molar-refractivity contribution in [1.29, 1.82) is 0 Å². The molecule has 0 saturated carbocycles. The largest absolute Gasteiger partial charge is 0.368 e. The van der Waals surface area contributed by atoms with Gasteiger partial charge in [-0.3, -0.25) is 4.79 Å². The molecule has 0 aromatic rings. The third kappa shape index (κ3) is 2.57. The molecule has 3 N–H and O–H groups in total. The Morgan fingerprint density at radius 3 is 3.00 bits per heavy atom. The minimum atomic E-state index is -0.275. The van der Waals surface area contributed by atoms with E-state index in [4.69, 9.17) is 18.0 Å². The molecule has 0 aromatic heterocycles. The molecule has 0 aromatic carbocycles. The minimum Gasteiger partial charge on any atom is -0.368 e. The first-order valence-electron chi connectivity index (χ1n) is 5.00.